The van der Waals surface area contributed by atoms with Crippen molar-refractivity contribution in [3.63, 3.8) is 0 Å². The molecule has 4 heteroatoms. The van der Waals surface area contributed by atoms with Crippen molar-refractivity contribution < 1.29 is 9.50 Å². The van der Waals surface area contributed by atoms with Gasteiger partial charge in [0.05, 0.1) is 16.8 Å². The second-order valence-electron chi connectivity index (χ2n) is 4.10. The first kappa shape index (κ1) is 12.2. The van der Waals surface area contributed by atoms with Gasteiger partial charge in [-0.1, -0.05) is 12.1 Å². The van der Waals surface area contributed by atoms with Crippen molar-refractivity contribution in [2.45, 2.75) is 26.4 Å². The van der Waals surface area contributed by atoms with Crippen molar-refractivity contribution in [1.29, 1.82) is 0 Å². The van der Waals surface area contributed by atoms with Gasteiger partial charge in [-0.05, 0) is 25.5 Å². The molecule has 2 nitrogen and oxygen atoms in total. The lowest BCUT2D eigenvalue weighted by Crippen LogP contribution is -2.05. The highest BCUT2D eigenvalue weighted by atomic mass is 32.1. The predicted molar refractivity (Wildman–Crippen MR) is 66.7 cm³/mol. The molecule has 90 valence electrons. The molecule has 1 unspecified atom stereocenters. The quantitative estimate of drug-likeness (QED) is 0.909. The van der Waals surface area contributed by atoms with Gasteiger partial charge >= 0.3 is 0 Å². The third-order valence-electron chi connectivity index (χ3n) is 2.58. The summed E-state index contributed by atoms with van der Waals surface area (Å²) in [6.07, 6.45) is -0.485. The van der Waals surface area contributed by atoms with Gasteiger partial charge in [0.1, 0.15) is 5.82 Å². The first-order valence-electron chi connectivity index (χ1n) is 5.41. The van der Waals surface area contributed by atoms with E-state index in [0.717, 1.165) is 16.3 Å². The van der Waals surface area contributed by atoms with Crippen LogP contribution in [-0.2, 0) is 6.42 Å². The minimum atomic E-state index is -0.836. The minimum Gasteiger partial charge on any atom is -0.388 e. The smallest absolute Gasteiger partial charge is 0.129 e. The number of aliphatic hydroxyl groups excluding tert-OH is 1. The van der Waals surface area contributed by atoms with Crippen molar-refractivity contribution in [1.82, 2.24) is 4.98 Å². The lowest BCUT2D eigenvalue weighted by Gasteiger charge is -2.11. The molecule has 0 aliphatic carbocycles. The van der Waals surface area contributed by atoms with E-state index in [1.807, 2.05) is 19.2 Å². The standard InChI is InChI=1S/C13H14FNOS/c1-8-3-4-11(12(14)5-8)13(16)6-10-7-17-9(2)15-10/h3-5,7,13,16H,6H2,1-2H3. The summed E-state index contributed by atoms with van der Waals surface area (Å²) in [5.41, 5.74) is 1.99. The molecule has 1 atom stereocenters. The van der Waals surface area contributed by atoms with Crippen molar-refractivity contribution >= 4 is 11.3 Å². The number of aliphatic hydroxyl groups is 1. The monoisotopic (exact) mass is 251 g/mol. The summed E-state index contributed by atoms with van der Waals surface area (Å²) in [7, 11) is 0. The molecule has 2 rings (SSSR count). The Morgan fingerprint density at radius 1 is 1.41 bits per heavy atom. The number of rotatable bonds is 3. The Hall–Kier alpha value is -1.26. The van der Waals surface area contributed by atoms with E-state index >= 15 is 0 Å². The molecule has 1 aromatic heterocycles. The third kappa shape index (κ3) is 2.90. The predicted octanol–water partition coefficient (Wildman–Crippen LogP) is 3.18. The number of aromatic nitrogens is 1. The van der Waals surface area contributed by atoms with Crippen LogP contribution >= 0.6 is 11.3 Å². The summed E-state index contributed by atoms with van der Waals surface area (Å²) in [5, 5.41) is 12.8. The molecule has 0 aliphatic rings. The van der Waals surface area contributed by atoms with Crippen LogP contribution < -0.4 is 0 Å². The maximum absolute atomic E-state index is 13.6. The number of thiazole rings is 1. The van der Waals surface area contributed by atoms with Crippen molar-refractivity contribution in [3.05, 3.63) is 51.2 Å². The molecular weight excluding hydrogens is 237 g/mol. The van der Waals surface area contributed by atoms with E-state index in [1.165, 1.54) is 17.4 Å². The van der Waals surface area contributed by atoms with Gasteiger partial charge in [-0.25, -0.2) is 9.37 Å². The summed E-state index contributed by atoms with van der Waals surface area (Å²) in [6.45, 7) is 3.73. The van der Waals surface area contributed by atoms with Crippen LogP contribution in [-0.4, -0.2) is 10.1 Å². The zero-order valence-electron chi connectivity index (χ0n) is 9.77. The second kappa shape index (κ2) is 4.94. The molecule has 0 bridgehead atoms. The molecule has 0 saturated heterocycles. The maximum Gasteiger partial charge on any atom is 0.129 e. The van der Waals surface area contributed by atoms with Crippen LogP contribution in [0, 0.1) is 19.7 Å². The summed E-state index contributed by atoms with van der Waals surface area (Å²) in [5.74, 6) is -0.357. The Morgan fingerprint density at radius 3 is 2.76 bits per heavy atom. The van der Waals surface area contributed by atoms with Crippen LogP contribution in [0.3, 0.4) is 0 Å². The Kier molecular flexibility index (Phi) is 3.54. The fourth-order valence-electron chi connectivity index (χ4n) is 1.71. The van der Waals surface area contributed by atoms with Crippen LogP contribution in [0.15, 0.2) is 23.6 Å². The highest BCUT2D eigenvalue weighted by Gasteiger charge is 2.14. The van der Waals surface area contributed by atoms with Crippen LogP contribution in [0.4, 0.5) is 4.39 Å². The molecule has 0 aliphatic heterocycles. The Bertz CT molecular complexity index is 524. The van der Waals surface area contributed by atoms with Gasteiger partial charge < -0.3 is 5.11 Å². The number of hydrogen-bond acceptors (Lipinski definition) is 3. The van der Waals surface area contributed by atoms with Gasteiger partial charge in [0, 0.05) is 17.4 Å². The van der Waals surface area contributed by atoms with Gasteiger partial charge in [0.25, 0.3) is 0 Å². The Balaban J connectivity index is 2.17. The average molecular weight is 251 g/mol. The third-order valence-corrected chi connectivity index (χ3v) is 3.41. The fraction of sp³-hybridized carbons (Fsp3) is 0.308. The van der Waals surface area contributed by atoms with Crippen LogP contribution in [0.5, 0.6) is 0 Å². The van der Waals surface area contributed by atoms with E-state index in [1.54, 1.807) is 12.1 Å². The molecule has 0 spiro atoms. The maximum atomic E-state index is 13.6. The lowest BCUT2D eigenvalue weighted by atomic mass is 10.0. The van der Waals surface area contributed by atoms with Crippen LogP contribution in [0.2, 0.25) is 0 Å². The molecular formula is C13H14FNOS. The van der Waals surface area contributed by atoms with E-state index in [0.29, 0.717) is 12.0 Å². The van der Waals surface area contributed by atoms with E-state index in [9.17, 15) is 9.50 Å². The summed E-state index contributed by atoms with van der Waals surface area (Å²) in [4.78, 5) is 4.26. The SMILES string of the molecule is Cc1ccc(C(O)Cc2csc(C)n2)c(F)c1. The lowest BCUT2D eigenvalue weighted by molar-refractivity contribution is 0.172. The van der Waals surface area contributed by atoms with E-state index in [4.69, 9.17) is 0 Å². The van der Waals surface area contributed by atoms with Gasteiger partial charge in [0.2, 0.25) is 0 Å². The zero-order valence-corrected chi connectivity index (χ0v) is 10.6. The molecule has 17 heavy (non-hydrogen) atoms. The Morgan fingerprint density at radius 2 is 2.18 bits per heavy atom. The summed E-state index contributed by atoms with van der Waals surface area (Å²) in [6, 6.07) is 4.87. The second-order valence-corrected chi connectivity index (χ2v) is 5.16. The molecule has 1 aromatic carbocycles. The van der Waals surface area contributed by atoms with Gasteiger partial charge in [-0.3, -0.25) is 0 Å². The normalized spacial score (nSPS) is 12.7. The zero-order chi connectivity index (χ0) is 12.4. The van der Waals surface area contributed by atoms with E-state index in [-0.39, 0.29) is 5.82 Å². The van der Waals surface area contributed by atoms with Gasteiger partial charge in [-0.2, -0.15) is 0 Å². The summed E-state index contributed by atoms with van der Waals surface area (Å²) >= 11 is 1.53. The number of hydrogen-bond donors (Lipinski definition) is 1. The number of nitrogens with zero attached hydrogens (tertiary/aromatic N) is 1. The number of aryl methyl sites for hydroxylation is 2. The van der Waals surface area contributed by atoms with Crippen molar-refractivity contribution in [3.8, 4) is 0 Å². The van der Waals surface area contributed by atoms with Gasteiger partial charge in [0.15, 0.2) is 0 Å². The number of benzene rings is 1. The van der Waals surface area contributed by atoms with Crippen LogP contribution in [0.25, 0.3) is 0 Å². The summed E-state index contributed by atoms with van der Waals surface area (Å²) < 4.78 is 13.6. The molecule has 0 radical (unpaired) electrons. The minimum absolute atomic E-state index is 0.334. The number of halogens is 1. The van der Waals surface area contributed by atoms with Crippen molar-refractivity contribution in [2.75, 3.05) is 0 Å². The topological polar surface area (TPSA) is 33.1 Å². The molecule has 0 saturated carbocycles. The Labute approximate surface area is 104 Å². The largest absolute Gasteiger partial charge is 0.388 e. The fourth-order valence-corrected chi connectivity index (χ4v) is 2.34. The van der Waals surface area contributed by atoms with Crippen LogP contribution in [0.1, 0.15) is 27.9 Å². The molecule has 1 heterocycles. The molecule has 2 aromatic rings. The highest BCUT2D eigenvalue weighted by Crippen LogP contribution is 2.22. The van der Waals surface area contributed by atoms with Crippen molar-refractivity contribution in [2.24, 2.45) is 0 Å². The molecule has 0 fully saturated rings. The first-order chi connectivity index (χ1) is 8.06. The average Bonchev–Trinajstić information content (AvgIpc) is 2.63. The van der Waals surface area contributed by atoms with E-state index in [2.05, 4.69) is 4.98 Å². The highest BCUT2D eigenvalue weighted by molar-refractivity contribution is 7.09. The first-order valence-corrected chi connectivity index (χ1v) is 6.29. The van der Waals surface area contributed by atoms with Gasteiger partial charge in [-0.15, -0.1) is 11.3 Å². The molecule has 1 N–H and O–H groups in total. The molecule has 0 amide bonds. The van der Waals surface area contributed by atoms with E-state index < -0.39 is 6.10 Å².